The molecule has 4 rings (SSSR count). The van der Waals surface area contributed by atoms with Crippen LogP contribution in [0.2, 0.25) is 0 Å². The Morgan fingerprint density at radius 1 is 1.09 bits per heavy atom. The Bertz CT molecular complexity index is 969. The number of carboxylic acid groups (broad SMARTS) is 1. The third-order valence-corrected chi connectivity index (χ3v) is 6.60. The number of nitrogens with zero attached hydrogens (tertiary/aromatic N) is 2. The second-order valence-electron chi connectivity index (χ2n) is 8.83. The van der Waals surface area contributed by atoms with Crippen LogP contribution in [0.15, 0.2) is 42.5 Å². The Labute approximate surface area is 212 Å². The van der Waals surface area contributed by atoms with E-state index in [1.54, 1.807) is 19.2 Å². The Hall–Kier alpha value is -2.71. The summed E-state index contributed by atoms with van der Waals surface area (Å²) < 4.78 is 31.5. The molecular formula is C26H34ClFN2O5. The number of benzene rings is 2. The molecule has 9 heteroatoms. The number of hydrogen-bond donors (Lipinski definition) is 1. The van der Waals surface area contributed by atoms with Gasteiger partial charge in [0.25, 0.3) is 0 Å². The van der Waals surface area contributed by atoms with E-state index in [4.69, 9.17) is 14.2 Å². The molecule has 192 valence electrons. The number of halogens is 2. The molecular weight excluding hydrogens is 475 g/mol. The van der Waals surface area contributed by atoms with E-state index in [1.807, 2.05) is 36.1 Å². The first-order valence-corrected chi connectivity index (χ1v) is 11.9. The molecule has 2 atom stereocenters. The molecule has 7 nitrogen and oxygen atoms in total. The first-order chi connectivity index (χ1) is 16.5. The molecule has 0 radical (unpaired) electrons. The topological polar surface area (TPSA) is 71.5 Å². The molecule has 0 unspecified atom stereocenters. The van der Waals surface area contributed by atoms with Crippen LogP contribution in [0.3, 0.4) is 0 Å². The third-order valence-electron chi connectivity index (χ3n) is 6.60. The van der Waals surface area contributed by atoms with Crippen LogP contribution in [-0.2, 0) is 9.53 Å². The number of rotatable bonds is 9. The van der Waals surface area contributed by atoms with Crippen molar-refractivity contribution in [2.24, 2.45) is 0 Å². The normalized spacial score (nSPS) is 20.4. The number of hydrogen-bond acceptors (Lipinski definition) is 6. The van der Waals surface area contributed by atoms with E-state index in [2.05, 4.69) is 4.90 Å². The summed E-state index contributed by atoms with van der Waals surface area (Å²) in [4.78, 5) is 15.5. The predicted molar refractivity (Wildman–Crippen MR) is 136 cm³/mol. The van der Waals surface area contributed by atoms with Gasteiger partial charge < -0.3 is 29.1 Å². The molecule has 2 aliphatic rings. The van der Waals surface area contributed by atoms with Gasteiger partial charge in [0, 0.05) is 56.9 Å². The minimum absolute atomic E-state index is 0. The lowest BCUT2D eigenvalue weighted by atomic mass is 10.1. The van der Waals surface area contributed by atoms with Gasteiger partial charge in [-0.2, -0.15) is 0 Å². The largest absolute Gasteiger partial charge is 0.497 e. The minimum atomic E-state index is -0.799. The van der Waals surface area contributed by atoms with Crippen LogP contribution in [0.5, 0.6) is 11.5 Å². The van der Waals surface area contributed by atoms with Gasteiger partial charge in [0.2, 0.25) is 0 Å². The molecule has 0 bridgehead atoms. The van der Waals surface area contributed by atoms with Gasteiger partial charge in [-0.3, -0.25) is 4.79 Å². The molecule has 0 aromatic heterocycles. The van der Waals surface area contributed by atoms with Crippen molar-refractivity contribution < 1.29 is 28.5 Å². The van der Waals surface area contributed by atoms with Gasteiger partial charge in [0.1, 0.15) is 23.4 Å². The Morgan fingerprint density at radius 2 is 1.77 bits per heavy atom. The molecule has 2 saturated heterocycles. The summed E-state index contributed by atoms with van der Waals surface area (Å²) in [6, 6.07) is 12.6. The number of piperidine rings is 1. The molecule has 0 saturated carbocycles. The Kier molecular flexibility index (Phi) is 9.46. The summed E-state index contributed by atoms with van der Waals surface area (Å²) in [5, 5.41) is 9.30. The van der Waals surface area contributed by atoms with Crippen LogP contribution in [0.1, 0.15) is 32.6 Å². The summed E-state index contributed by atoms with van der Waals surface area (Å²) in [6.45, 7) is 4.67. The zero-order valence-electron chi connectivity index (χ0n) is 20.2. The molecule has 0 spiro atoms. The summed E-state index contributed by atoms with van der Waals surface area (Å²) in [5.41, 5.74) is 1.54. The van der Waals surface area contributed by atoms with Gasteiger partial charge in [-0.1, -0.05) is 0 Å². The number of carbonyl (C=O) groups is 1. The van der Waals surface area contributed by atoms with Gasteiger partial charge in [0.05, 0.1) is 25.3 Å². The molecule has 1 N–H and O–H groups in total. The van der Waals surface area contributed by atoms with E-state index in [0.29, 0.717) is 44.1 Å². The fourth-order valence-electron chi connectivity index (χ4n) is 4.93. The first kappa shape index (κ1) is 26.9. The standard InChI is InChI=1S/C26H33FN2O5.ClH/c1-3-33-23-14-19(15-26(30)31)29(17-23)18-4-6-20(7-5-18)34-21-10-12-28(13-11-21)25-16-22(32-2)8-9-24(25)27;/h4-9,16,19,21,23H,3,10-15,17H2,1-2H3,(H,30,31);1H/t19-,23-;/m1./s1. The van der Waals surface area contributed by atoms with Gasteiger partial charge in [0.15, 0.2) is 0 Å². The lowest BCUT2D eigenvalue weighted by Crippen LogP contribution is -2.38. The summed E-state index contributed by atoms with van der Waals surface area (Å²) in [7, 11) is 1.58. The van der Waals surface area contributed by atoms with Crippen LogP contribution < -0.4 is 19.3 Å². The van der Waals surface area contributed by atoms with E-state index in [9.17, 15) is 14.3 Å². The van der Waals surface area contributed by atoms with Gasteiger partial charge >= 0.3 is 5.97 Å². The SMILES string of the molecule is CCO[C@@H]1C[C@H](CC(=O)O)N(c2ccc(OC3CCN(c4cc(OC)ccc4F)CC3)cc2)C1.Cl. The first-order valence-electron chi connectivity index (χ1n) is 11.9. The molecule has 2 fully saturated rings. The van der Waals surface area contributed by atoms with Crippen LogP contribution in [-0.4, -0.2) is 62.7 Å². The van der Waals surface area contributed by atoms with Crippen molar-refractivity contribution in [2.75, 3.05) is 43.2 Å². The number of anilines is 2. The van der Waals surface area contributed by atoms with E-state index < -0.39 is 5.97 Å². The van der Waals surface area contributed by atoms with Crippen molar-refractivity contribution >= 4 is 29.8 Å². The number of ether oxygens (including phenoxy) is 3. The number of carboxylic acids is 1. The van der Waals surface area contributed by atoms with Crippen LogP contribution in [0, 0.1) is 5.82 Å². The molecule has 0 aliphatic carbocycles. The van der Waals surface area contributed by atoms with Gasteiger partial charge in [-0.05, 0) is 49.7 Å². The molecule has 2 heterocycles. The fraction of sp³-hybridized carbons (Fsp3) is 0.500. The number of methoxy groups -OCH3 is 1. The summed E-state index contributed by atoms with van der Waals surface area (Å²) in [6.07, 6.45) is 2.50. The highest BCUT2D eigenvalue weighted by Gasteiger charge is 2.34. The van der Waals surface area contributed by atoms with Crippen molar-refractivity contribution in [3.8, 4) is 11.5 Å². The van der Waals surface area contributed by atoms with E-state index in [0.717, 1.165) is 24.3 Å². The number of aliphatic carboxylic acids is 1. The minimum Gasteiger partial charge on any atom is -0.497 e. The molecule has 2 aliphatic heterocycles. The molecule has 0 amide bonds. The Balaban J connectivity index is 0.00000342. The third kappa shape index (κ3) is 6.70. The maximum Gasteiger partial charge on any atom is 0.305 e. The zero-order valence-corrected chi connectivity index (χ0v) is 21.0. The maximum absolute atomic E-state index is 14.3. The summed E-state index contributed by atoms with van der Waals surface area (Å²) >= 11 is 0. The lowest BCUT2D eigenvalue weighted by Gasteiger charge is -2.34. The second-order valence-corrected chi connectivity index (χ2v) is 8.83. The highest BCUT2D eigenvalue weighted by molar-refractivity contribution is 5.85. The van der Waals surface area contributed by atoms with Crippen LogP contribution in [0.4, 0.5) is 15.8 Å². The highest BCUT2D eigenvalue weighted by Crippen LogP contribution is 2.32. The molecule has 2 aromatic carbocycles. The van der Waals surface area contributed by atoms with Crippen LogP contribution >= 0.6 is 12.4 Å². The van der Waals surface area contributed by atoms with Crippen molar-refractivity contribution in [3.05, 3.63) is 48.3 Å². The molecule has 35 heavy (non-hydrogen) atoms. The van der Waals surface area contributed by atoms with Crippen molar-refractivity contribution in [2.45, 2.75) is 50.9 Å². The Morgan fingerprint density at radius 3 is 2.40 bits per heavy atom. The zero-order chi connectivity index (χ0) is 24.1. The smallest absolute Gasteiger partial charge is 0.305 e. The van der Waals surface area contributed by atoms with E-state index >= 15 is 0 Å². The molecule has 2 aromatic rings. The fourth-order valence-corrected chi connectivity index (χ4v) is 4.93. The van der Waals surface area contributed by atoms with Crippen molar-refractivity contribution in [1.82, 2.24) is 0 Å². The van der Waals surface area contributed by atoms with Crippen molar-refractivity contribution in [3.63, 3.8) is 0 Å². The van der Waals surface area contributed by atoms with Crippen LogP contribution in [0.25, 0.3) is 0 Å². The van der Waals surface area contributed by atoms with Gasteiger partial charge in [-0.15, -0.1) is 12.4 Å². The quantitative estimate of drug-likeness (QED) is 0.523. The van der Waals surface area contributed by atoms with E-state index in [1.165, 1.54) is 6.07 Å². The predicted octanol–water partition coefficient (Wildman–Crippen LogP) is 4.76. The van der Waals surface area contributed by atoms with Gasteiger partial charge in [-0.25, -0.2) is 4.39 Å². The monoisotopic (exact) mass is 508 g/mol. The second kappa shape index (κ2) is 12.3. The average Bonchev–Trinajstić information content (AvgIpc) is 3.22. The maximum atomic E-state index is 14.3. The summed E-state index contributed by atoms with van der Waals surface area (Å²) in [5.74, 6) is 0.383. The highest BCUT2D eigenvalue weighted by atomic mass is 35.5. The van der Waals surface area contributed by atoms with Crippen molar-refractivity contribution in [1.29, 1.82) is 0 Å². The average molecular weight is 509 g/mol. The lowest BCUT2D eigenvalue weighted by molar-refractivity contribution is -0.137. The van der Waals surface area contributed by atoms with E-state index in [-0.39, 0.29) is 42.9 Å².